The molecule has 8 heteroatoms. The number of aryl methyl sites for hydroxylation is 1. The monoisotopic (exact) mass is 375 g/mol. The molecule has 142 valence electrons. The molecule has 1 saturated carbocycles. The summed E-state index contributed by atoms with van der Waals surface area (Å²) in [4.78, 5) is 8.10. The minimum absolute atomic E-state index is 0.202. The summed E-state index contributed by atoms with van der Waals surface area (Å²) in [7, 11) is 0. The second-order valence-electron chi connectivity index (χ2n) is 6.99. The van der Waals surface area contributed by atoms with Crippen LogP contribution in [0.25, 0.3) is 11.0 Å². The van der Waals surface area contributed by atoms with Gasteiger partial charge >= 0.3 is 0 Å². The standard InChI is InChI=1S/C19H19F2N3O3/c1-9-15-13(21)7-24(19(15)23-8-22-9)14-6-12(17(26)18(14)27)16(25)10-2-4-11(20)5-3-10/h2-5,7-8,12,14,16-18,25-27H,6H2,1H3/t12-,14-,16-,17-,18+/m1/s1. The van der Waals surface area contributed by atoms with Crippen LogP contribution in [0.5, 0.6) is 0 Å². The van der Waals surface area contributed by atoms with Gasteiger partial charge in [0, 0.05) is 12.1 Å². The van der Waals surface area contributed by atoms with Crippen LogP contribution in [-0.4, -0.2) is 42.1 Å². The number of hydrogen-bond acceptors (Lipinski definition) is 5. The maximum absolute atomic E-state index is 14.4. The average Bonchev–Trinajstić information content (AvgIpc) is 3.13. The highest BCUT2D eigenvalue weighted by atomic mass is 19.1. The van der Waals surface area contributed by atoms with Crippen LogP contribution in [-0.2, 0) is 0 Å². The van der Waals surface area contributed by atoms with Crippen LogP contribution in [0.3, 0.4) is 0 Å². The van der Waals surface area contributed by atoms with Gasteiger partial charge in [0.05, 0.1) is 29.3 Å². The number of rotatable bonds is 3. The van der Waals surface area contributed by atoms with E-state index in [1.165, 1.54) is 41.4 Å². The molecule has 0 bridgehead atoms. The molecule has 4 rings (SSSR count). The number of hydrogen-bond donors (Lipinski definition) is 3. The third kappa shape index (κ3) is 2.90. The van der Waals surface area contributed by atoms with E-state index in [9.17, 15) is 24.1 Å². The van der Waals surface area contributed by atoms with Crippen molar-refractivity contribution in [1.82, 2.24) is 14.5 Å². The molecule has 0 unspecified atom stereocenters. The van der Waals surface area contributed by atoms with Crippen LogP contribution in [0.1, 0.15) is 29.8 Å². The molecule has 0 saturated heterocycles. The number of aliphatic hydroxyl groups excluding tert-OH is 3. The van der Waals surface area contributed by atoms with E-state index in [1.54, 1.807) is 6.92 Å². The molecule has 0 amide bonds. The smallest absolute Gasteiger partial charge is 0.152 e. The molecular formula is C19H19F2N3O3. The minimum atomic E-state index is -1.22. The normalized spacial score (nSPS) is 26.6. The first-order chi connectivity index (χ1) is 12.9. The van der Waals surface area contributed by atoms with E-state index >= 15 is 0 Å². The van der Waals surface area contributed by atoms with Crippen molar-refractivity contribution >= 4 is 11.0 Å². The highest BCUT2D eigenvalue weighted by Crippen LogP contribution is 2.43. The van der Waals surface area contributed by atoms with Gasteiger partial charge in [0.15, 0.2) is 5.82 Å². The second-order valence-corrected chi connectivity index (χ2v) is 6.99. The molecule has 5 atom stereocenters. The first-order valence-corrected chi connectivity index (χ1v) is 8.65. The summed E-state index contributed by atoms with van der Waals surface area (Å²) in [5.74, 6) is -1.63. The van der Waals surface area contributed by atoms with Crippen molar-refractivity contribution in [3.05, 3.63) is 59.7 Å². The molecule has 3 aromatic rings. The van der Waals surface area contributed by atoms with Gasteiger partial charge in [-0.15, -0.1) is 0 Å². The third-order valence-electron chi connectivity index (χ3n) is 5.42. The highest BCUT2D eigenvalue weighted by molar-refractivity contribution is 5.79. The van der Waals surface area contributed by atoms with E-state index in [1.807, 2.05) is 0 Å². The molecule has 0 spiro atoms. The van der Waals surface area contributed by atoms with Crippen molar-refractivity contribution in [3.63, 3.8) is 0 Å². The van der Waals surface area contributed by atoms with Gasteiger partial charge in [0.25, 0.3) is 0 Å². The lowest BCUT2D eigenvalue weighted by Gasteiger charge is -2.22. The van der Waals surface area contributed by atoms with E-state index in [4.69, 9.17) is 0 Å². The maximum Gasteiger partial charge on any atom is 0.152 e. The first kappa shape index (κ1) is 18.0. The fourth-order valence-electron chi connectivity index (χ4n) is 3.98. The Morgan fingerprint density at radius 2 is 1.81 bits per heavy atom. The van der Waals surface area contributed by atoms with E-state index in [2.05, 4.69) is 9.97 Å². The number of aromatic nitrogens is 3. The minimum Gasteiger partial charge on any atom is -0.390 e. The van der Waals surface area contributed by atoms with Crippen LogP contribution in [0, 0.1) is 24.5 Å². The molecule has 0 radical (unpaired) electrons. The van der Waals surface area contributed by atoms with Crippen molar-refractivity contribution in [1.29, 1.82) is 0 Å². The van der Waals surface area contributed by atoms with Crippen molar-refractivity contribution in [2.75, 3.05) is 0 Å². The van der Waals surface area contributed by atoms with Crippen LogP contribution >= 0.6 is 0 Å². The molecule has 1 aliphatic carbocycles. The van der Waals surface area contributed by atoms with Gasteiger partial charge in [-0.2, -0.15) is 0 Å². The summed E-state index contributed by atoms with van der Waals surface area (Å²) in [6.07, 6.45) is -0.777. The number of fused-ring (bicyclic) bond motifs is 1. The molecule has 1 aromatic carbocycles. The van der Waals surface area contributed by atoms with Gasteiger partial charge < -0.3 is 19.9 Å². The molecule has 2 aromatic heterocycles. The van der Waals surface area contributed by atoms with Gasteiger partial charge in [-0.3, -0.25) is 0 Å². The number of benzene rings is 1. The number of aliphatic hydroxyl groups is 3. The van der Waals surface area contributed by atoms with Crippen molar-refractivity contribution in [2.24, 2.45) is 5.92 Å². The zero-order valence-electron chi connectivity index (χ0n) is 14.5. The highest BCUT2D eigenvalue weighted by Gasteiger charge is 2.46. The molecular weight excluding hydrogens is 356 g/mol. The zero-order chi connectivity index (χ0) is 19.3. The van der Waals surface area contributed by atoms with Gasteiger partial charge in [0.2, 0.25) is 0 Å². The van der Waals surface area contributed by atoms with Crippen LogP contribution in [0.2, 0.25) is 0 Å². The molecule has 1 aliphatic rings. The van der Waals surface area contributed by atoms with Crippen LogP contribution in [0.15, 0.2) is 36.8 Å². The SMILES string of the molecule is Cc1ncnc2c1c(F)cn2[C@@H]1C[C@H]([C@H](O)c2ccc(F)cc2)[C@@H](O)[C@H]1O. The van der Waals surface area contributed by atoms with E-state index in [-0.39, 0.29) is 11.8 Å². The summed E-state index contributed by atoms with van der Waals surface area (Å²) in [6, 6.07) is 4.66. The fourth-order valence-corrected chi connectivity index (χ4v) is 3.98. The van der Waals surface area contributed by atoms with Gasteiger partial charge in [-0.1, -0.05) is 12.1 Å². The summed E-state index contributed by atoms with van der Waals surface area (Å²) in [5.41, 5.74) is 1.25. The van der Waals surface area contributed by atoms with Crippen molar-refractivity contribution in [2.45, 2.75) is 37.7 Å². The van der Waals surface area contributed by atoms with E-state index in [0.29, 0.717) is 16.9 Å². The second kappa shape index (κ2) is 6.63. The Labute approximate surface area is 153 Å². The zero-order valence-corrected chi connectivity index (χ0v) is 14.5. The molecule has 27 heavy (non-hydrogen) atoms. The average molecular weight is 375 g/mol. The van der Waals surface area contributed by atoms with E-state index in [0.717, 1.165) is 0 Å². The Balaban J connectivity index is 1.68. The van der Waals surface area contributed by atoms with E-state index < -0.39 is 41.9 Å². The summed E-state index contributed by atoms with van der Waals surface area (Å²) >= 11 is 0. The summed E-state index contributed by atoms with van der Waals surface area (Å²) < 4.78 is 29.0. The van der Waals surface area contributed by atoms with Crippen molar-refractivity contribution in [3.8, 4) is 0 Å². The van der Waals surface area contributed by atoms with Crippen molar-refractivity contribution < 1.29 is 24.1 Å². The Kier molecular flexibility index (Phi) is 4.41. The summed E-state index contributed by atoms with van der Waals surface area (Å²) in [5, 5.41) is 31.9. The van der Waals surface area contributed by atoms with Crippen LogP contribution in [0.4, 0.5) is 8.78 Å². The number of halogens is 2. The third-order valence-corrected chi connectivity index (χ3v) is 5.42. The molecule has 1 fully saturated rings. The Hall–Kier alpha value is -2.42. The Morgan fingerprint density at radius 3 is 2.52 bits per heavy atom. The lowest BCUT2D eigenvalue weighted by molar-refractivity contribution is -0.0265. The fraction of sp³-hybridized carbons (Fsp3) is 0.368. The topological polar surface area (TPSA) is 91.4 Å². The van der Waals surface area contributed by atoms with Gasteiger partial charge in [-0.05, 0) is 31.0 Å². The summed E-state index contributed by atoms with van der Waals surface area (Å²) in [6.45, 7) is 1.67. The molecule has 6 nitrogen and oxygen atoms in total. The Bertz CT molecular complexity index is 976. The quantitative estimate of drug-likeness (QED) is 0.652. The maximum atomic E-state index is 14.4. The molecule has 2 heterocycles. The number of nitrogens with zero attached hydrogens (tertiary/aromatic N) is 3. The molecule has 0 aliphatic heterocycles. The predicted octanol–water partition coefficient (Wildman–Crippen LogP) is 2.03. The van der Waals surface area contributed by atoms with Gasteiger partial charge in [-0.25, -0.2) is 18.7 Å². The Morgan fingerprint density at radius 1 is 1.11 bits per heavy atom. The molecule has 3 N–H and O–H groups in total. The lowest BCUT2D eigenvalue weighted by atomic mass is 9.92. The first-order valence-electron chi connectivity index (χ1n) is 8.65. The largest absolute Gasteiger partial charge is 0.390 e. The predicted molar refractivity (Wildman–Crippen MR) is 92.7 cm³/mol. The lowest BCUT2D eigenvalue weighted by Crippen LogP contribution is -2.31. The van der Waals surface area contributed by atoms with Crippen LogP contribution < -0.4 is 0 Å². The van der Waals surface area contributed by atoms with Gasteiger partial charge in [0.1, 0.15) is 23.9 Å².